The van der Waals surface area contributed by atoms with Crippen molar-refractivity contribution in [1.82, 2.24) is 4.90 Å². The first-order valence-corrected chi connectivity index (χ1v) is 11.2. The van der Waals surface area contributed by atoms with Gasteiger partial charge in [0.05, 0.1) is 6.10 Å². The zero-order valence-corrected chi connectivity index (χ0v) is 17.8. The Bertz CT molecular complexity index is 929. The van der Waals surface area contributed by atoms with E-state index in [4.69, 9.17) is 14.2 Å². The summed E-state index contributed by atoms with van der Waals surface area (Å²) < 4.78 is 17.6. The van der Waals surface area contributed by atoms with E-state index in [2.05, 4.69) is 77.7 Å². The summed E-state index contributed by atoms with van der Waals surface area (Å²) in [5.74, 6) is 1.73. The average molecular weight is 416 g/mol. The number of nitrogens with zero attached hydrogens (tertiary/aromatic N) is 1. The number of likely N-dealkylation sites (tertiary alicyclic amines) is 1. The molecule has 0 atom stereocenters. The standard InChI is InChI=1S/C27H29NO3/c1-3-7-22(8-4-1)27(23-9-5-2-6-10-23)31-24-14-17-28(18-15-24)16-13-21-11-12-25-26(19-21)30-20-29-25/h1-12,19,24,27H,13-18,20H2. The molecular weight excluding hydrogens is 386 g/mol. The Morgan fingerprint density at radius 3 is 2.13 bits per heavy atom. The van der Waals surface area contributed by atoms with Gasteiger partial charge >= 0.3 is 0 Å². The van der Waals surface area contributed by atoms with Gasteiger partial charge in [-0.2, -0.15) is 0 Å². The smallest absolute Gasteiger partial charge is 0.231 e. The van der Waals surface area contributed by atoms with Crippen molar-refractivity contribution in [2.45, 2.75) is 31.5 Å². The number of hydrogen-bond acceptors (Lipinski definition) is 4. The lowest BCUT2D eigenvalue weighted by Crippen LogP contribution is -2.38. The largest absolute Gasteiger partial charge is 0.454 e. The van der Waals surface area contributed by atoms with E-state index in [9.17, 15) is 0 Å². The molecule has 4 heteroatoms. The van der Waals surface area contributed by atoms with Gasteiger partial charge in [-0.1, -0.05) is 66.7 Å². The van der Waals surface area contributed by atoms with Crippen LogP contribution in [0.4, 0.5) is 0 Å². The highest BCUT2D eigenvalue weighted by atomic mass is 16.7. The highest BCUT2D eigenvalue weighted by Crippen LogP contribution is 2.33. The summed E-state index contributed by atoms with van der Waals surface area (Å²) in [7, 11) is 0. The maximum absolute atomic E-state index is 6.67. The Kier molecular flexibility index (Phi) is 6.19. The minimum Gasteiger partial charge on any atom is -0.454 e. The molecule has 160 valence electrons. The van der Waals surface area contributed by atoms with Gasteiger partial charge in [-0.25, -0.2) is 0 Å². The number of fused-ring (bicyclic) bond motifs is 1. The summed E-state index contributed by atoms with van der Waals surface area (Å²) in [5.41, 5.74) is 3.74. The quantitative estimate of drug-likeness (QED) is 0.529. The van der Waals surface area contributed by atoms with Crippen LogP contribution in [-0.2, 0) is 11.2 Å². The number of piperidine rings is 1. The van der Waals surface area contributed by atoms with Crippen molar-refractivity contribution in [3.63, 3.8) is 0 Å². The Hall–Kier alpha value is -2.82. The normalized spacial score (nSPS) is 16.7. The second kappa shape index (κ2) is 9.54. The predicted octanol–water partition coefficient (Wildman–Crippen LogP) is 5.23. The van der Waals surface area contributed by atoms with Gasteiger partial charge in [0.15, 0.2) is 11.5 Å². The van der Waals surface area contributed by atoms with Gasteiger partial charge in [0.2, 0.25) is 6.79 Å². The zero-order chi connectivity index (χ0) is 20.9. The molecule has 2 aliphatic heterocycles. The molecule has 2 aliphatic rings. The summed E-state index contributed by atoms with van der Waals surface area (Å²) >= 11 is 0. The summed E-state index contributed by atoms with van der Waals surface area (Å²) in [6.45, 7) is 3.55. The molecular formula is C27H29NO3. The number of rotatable bonds is 7. The van der Waals surface area contributed by atoms with E-state index in [1.54, 1.807) is 0 Å². The highest BCUT2D eigenvalue weighted by molar-refractivity contribution is 5.44. The van der Waals surface area contributed by atoms with Crippen LogP contribution in [0.3, 0.4) is 0 Å². The van der Waals surface area contributed by atoms with E-state index >= 15 is 0 Å². The zero-order valence-electron chi connectivity index (χ0n) is 17.8. The summed E-state index contributed by atoms with van der Waals surface area (Å²) in [5, 5.41) is 0. The molecule has 31 heavy (non-hydrogen) atoms. The lowest BCUT2D eigenvalue weighted by atomic mass is 10.00. The maximum atomic E-state index is 6.67. The predicted molar refractivity (Wildman–Crippen MR) is 122 cm³/mol. The van der Waals surface area contributed by atoms with Crippen LogP contribution < -0.4 is 9.47 Å². The topological polar surface area (TPSA) is 30.9 Å². The Labute approximate surface area is 184 Å². The van der Waals surface area contributed by atoms with Gasteiger partial charge in [-0.15, -0.1) is 0 Å². The lowest BCUT2D eigenvalue weighted by Gasteiger charge is -2.34. The van der Waals surface area contributed by atoms with Crippen LogP contribution in [0, 0.1) is 0 Å². The van der Waals surface area contributed by atoms with Crippen molar-refractivity contribution in [3.8, 4) is 11.5 Å². The van der Waals surface area contributed by atoms with Crippen LogP contribution >= 0.6 is 0 Å². The molecule has 5 rings (SSSR count). The Morgan fingerprint density at radius 1 is 0.806 bits per heavy atom. The molecule has 4 nitrogen and oxygen atoms in total. The third-order valence-corrected chi connectivity index (χ3v) is 6.22. The molecule has 0 radical (unpaired) electrons. The molecule has 3 aromatic rings. The molecule has 0 amide bonds. The van der Waals surface area contributed by atoms with Crippen molar-refractivity contribution < 1.29 is 14.2 Å². The van der Waals surface area contributed by atoms with Crippen molar-refractivity contribution in [1.29, 1.82) is 0 Å². The highest BCUT2D eigenvalue weighted by Gasteiger charge is 2.24. The second-order valence-electron chi connectivity index (χ2n) is 8.32. The van der Waals surface area contributed by atoms with Crippen LogP contribution in [0.5, 0.6) is 11.5 Å². The van der Waals surface area contributed by atoms with E-state index in [0.29, 0.717) is 6.79 Å². The SMILES string of the molecule is c1ccc(C(OC2CCN(CCc3ccc4c(c3)OCO4)CC2)c2ccccc2)cc1. The van der Waals surface area contributed by atoms with Crippen molar-refractivity contribution in [3.05, 3.63) is 95.6 Å². The average Bonchev–Trinajstić information content (AvgIpc) is 3.31. The third kappa shape index (κ3) is 4.92. The van der Waals surface area contributed by atoms with Gasteiger partial charge in [0.25, 0.3) is 0 Å². The van der Waals surface area contributed by atoms with Crippen LogP contribution in [0.1, 0.15) is 35.6 Å². The molecule has 3 aromatic carbocycles. The fourth-order valence-electron chi connectivity index (χ4n) is 4.45. The van der Waals surface area contributed by atoms with Crippen LogP contribution in [0.25, 0.3) is 0 Å². The molecule has 0 spiro atoms. The van der Waals surface area contributed by atoms with E-state index in [1.165, 1.54) is 16.7 Å². The van der Waals surface area contributed by atoms with Crippen LogP contribution in [-0.4, -0.2) is 37.4 Å². The van der Waals surface area contributed by atoms with Gasteiger partial charge < -0.3 is 19.1 Å². The molecule has 1 saturated heterocycles. The van der Waals surface area contributed by atoms with Crippen molar-refractivity contribution >= 4 is 0 Å². The maximum Gasteiger partial charge on any atom is 0.231 e. The minimum absolute atomic E-state index is 0.00687. The molecule has 0 aromatic heterocycles. The van der Waals surface area contributed by atoms with E-state index in [-0.39, 0.29) is 12.2 Å². The van der Waals surface area contributed by atoms with Crippen molar-refractivity contribution in [2.75, 3.05) is 26.4 Å². The summed E-state index contributed by atoms with van der Waals surface area (Å²) in [6.07, 6.45) is 3.44. The Morgan fingerprint density at radius 2 is 1.45 bits per heavy atom. The third-order valence-electron chi connectivity index (χ3n) is 6.22. The first kappa shape index (κ1) is 20.1. The van der Waals surface area contributed by atoms with Crippen LogP contribution in [0.15, 0.2) is 78.9 Å². The van der Waals surface area contributed by atoms with Gasteiger partial charge in [-0.05, 0) is 48.1 Å². The first-order chi connectivity index (χ1) is 15.3. The number of benzene rings is 3. The van der Waals surface area contributed by atoms with E-state index < -0.39 is 0 Å². The fourth-order valence-corrected chi connectivity index (χ4v) is 4.45. The lowest BCUT2D eigenvalue weighted by molar-refractivity contribution is -0.0267. The number of hydrogen-bond donors (Lipinski definition) is 0. The molecule has 0 saturated carbocycles. The molecule has 0 bridgehead atoms. The van der Waals surface area contributed by atoms with Gasteiger partial charge in [-0.3, -0.25) is 0 Å². The minimum atomic E-state index is -0.00687. The first-order valence-electron chi connectivity index (χ1n) is 11.2. The molecule has 2 heterocycles. The van der Waals surface area contributed by atoms with E-state index in [1.807, 2.05) is 6.07 Å². The monoisotopic (exact) mass is 415 g/mol. The second-order valence-corrected chi connectivity index (χ2v) is 8.32. The van der Waals surface area contributed by atoms with E-state index in [0.717, 1.165) is 50.4 Å². The summed E-state index contributed by atoms with van der Waals surface area (Å²) in [6, 6.07) is 27.4. The van der Waals surface area contributed by atoms with Crippen molar-refractivity contribution in [2.24, 2.45) is 0 Å². The summed E-state index contributed by atoms with van der Waals surface area (Å²) in [4.78, 5) is 2.55. The fraction of sp³-hybridized carbons (Fsp3) is 0.333. The molecule has 0 N–H and O–H groups in total. The van der Waals surface area contributed by atoms with Gasteiger partial charge in [0, 0.05) is 19.6 Å². The Balaban J connectivity index is 1.16. The number of ether oxygens (including phenoxy) is 3. The molecule has 0 aliphatic carbocycles. The molecule has 1 fully saturated rings. The van der Waals surface area contributed by atoms with Gasteiger partial charge in [0.1, 0.15) is 6.10 Å². The van der Waals surface area contributed by atoms with Crippen LogP contribution in [0.2, 0.25) is 0 Å². The molecule has 0 unspecified atom stereocenters.